The van der Waals surface area contributed by atoms with E-state index in [-0.39, 0.29) is 52.8 Å². The number of likely N-dealkylation sites (tertiary alicyclic amines) is 3. The first-order chi connectivity index (χ1) is 40.7. The van der Waals surface area contributed by atoms with Crippen molar-refractivity contribution < 1.29 is 53.2 Å². The second-order valence-electron chi connectivity index (χ2n) is 26.1. The molecule has 1 amide bonds. The molecule has 3 aromatic carbocycles. The molecule has 0 radical (unpaired) electrons. The van der Waals surface area contributed by atoms with Gasteiger partial charge < -0.3 is 34.1 Å². The van der Waals surface area contributed by atoms with Crippen LogP contribution in [0.3, 0.4) is 0 Å². The lowest BCUT2D eigenvalue weighted by atomic mass is 9.72. The first-order valence-electron chi connectivity index (χ1n) is 32.0. The SMILES string of the molecule is CCOC(=O)C1CC2(CCCCC2)CN1.CCOC(=O)C1CC2(CCCCC2)CN1Cc1ccc(OC)cc1.COc1ccc(CN2CC3(CCCCC3)CC2C(=O)NO)cc1.COc1ccc(CN2CC3(CCCCC3)CC2C(=O)O)cc1. The molecule has 8 aliphatic rings. The van der Waals surface area contributed by atoms with Gasteiger partial charge in [-0.15, -0.1) is 0 Å². The number of benzene rings is 3. The summed E-state index contributed by atoms with van der Waals surface area (Å²) in [6.07, 6.45) is 29.1. The van der Waals surface area contributed by atoms with Crippen molar-refractivity contribution in [2.24, 2.45) is 21.7 Å². The van der Waals surface area contributed by atoms with E-state index < -0.39 is 5.97 Å². The number of aliphatic carboxylic acids is 1. The minimum atomic E-state index is -0.670. The topological polar surface area (TPSA) is 189 Å². The smallest absolute Gasteiger partial charge is 0.323 e. The predicted molar refractivity (Wildman–Crippen MR) is 325 cm³/mol. The molecular formula is C68H101N5O11. The molecular weight excluding hydrogens is 1060 g/mol. The Kier molecular flexibility index (Phi) is 23.8. The normalized spacial score (nSPS) is 24.8. The number of methoxy groups -OCH3 is 3. The van der Waals surface area contributed by atoms with E-state index in [0.29, 0.717) is 30.6 Å². The maximum absolute atomic E-state index is 12.5. The molecule has 4 aliphatic carbocycles. The zero-order valence-electron chi connectivity index (χ0n) is 51.5. The monoisotopic (exact) mass is 1160 g/mol. The molecule has 4 N–H and O–H groups in total. The Hall–Kier alpha value is -5.26. The van der Waals surface area contributed by atoms with Gasteiger partial charge in [-0.05, 0) is 166 Å². The van der Waals surface area contributed by atoms with Crippen LogP contribution in [0.15, 0.2) is 72.8 Å². The summed E-state index contributed by atoms with van der Waals surface area (Å²) in [5.41, 5.74) is 6.63. The van der Waals surface area contributed by atoms with Crippen molar-refractivity contribution >= 4 is 23.8 Å². The summed E-state index contributed by atoms with van der Waals surface area (Å²) < 4.78 is 26.0. The van der Waals surface area contributed by atoms with Gasteiger partial charge >= 0.3 is 17.9 Å². The summed E-state index contributed by atoms with van der Waals surface area (Å²) in [5.74, 6) is 1.49. The number of carboxylic acids is 1. The van der Waals surface area contributed by atoms with E-state index in [0.717, 1.165) is 93.3 Å². The summed E-state index contributed by atoms with van der Waals surface area (Å²) in [5, 5.41) is 22.0. The first kappa shape index (κ1) is 64.7. The maximum Gasteiger partial charge on any atom is 0.323 e. The lowest BCUT2D eigenvalue weighted by Crippen LogP contribution is -2.41. The highest BCUT2D eigenvalue weighted by atomic mass is 16.5. The third-order valence-electron chi connectivity index (χ3n) is 20.3. The Bertz CT molecular complexity index is 2520. The minimum Gasteiger partial charge on any atom is -0.497 e. The molecule has 4 atom stereocenters. The average Bonchev–Trinajstić information content (AvgIpc) is 4.17. The van der Waals surface area contributed by atoms with Gasteiger partial charge in [-0.3, -0.25) is 39.1 Å². The number of esters is 2. The van der Waals surface area contributed by atoms with Crippen LogP contribution in [0.25, 0.3) is 0 Å². The molecule has 464 valence electrons. The van der Waals surface area contributed by atoms with Crippen LogP contribution in [0.1, 0.15) is 185 Å². The number of hydrogen-bond acceptors (Lipinski definition) is 14. The van der Waals surface area contributed by atoms with Gasteiger partial charge in [0, 0.05) is 45.8 Å². The molecule has 4 unspecified atom stereocenters. The van der Waals surface area contributed by atoms with Gasteiger partial charge in [0.1, 0.15) is 35.4 Å². The summed E-state index contributed by atoms with van der Waals surface area (Å²) in [4.78, 5) is 54.6. The summed E-state index contributed by atoms with van der Waals surface area (Å²) >= 11 is 0. The number of ether oxygens (including phenoxy) is 5. The number of hydroxylamine groups is 1. The van der Waals surface area contributed by atoms with Crippen LogP contribution in [-0.2, 0) is 48.3 Å². The summed E-state index contributed by atoms with van der Waals surface area (Å²) in [6.45, 7) is 10.8. The number of rotatable bonds is 15. The number of hydrogen-bond donors (Lipinski definition) is 4. The van der Waals surface area contributed by atoms with E-state index in [9.17, 15) is 24.3 Å². The number of carbonyl (C=O) groups is 4. The van der Waals surface area contributed by atoms with Crippen molar-refractivity contribution in [3.63, 3.8) is 0 Å². The number of amides is 1. The lowest BCUT2D eigenvalue weighted by molar-refractivity contribution is -0.149. The largest absolute Gasteiger partial charge is 0.497 e. The molecule has 3 aromatic rings. The van der Waals surface area contributed by atoms with E-state index in [1.165, 1.54) is 134 Å². The van der Waals surface area contributed by atoms with Gasteiger partial charge in [-0.25, -0.2) is 5.48 Å². The van der Waals surface area contributed by atoms with Gasteiger partial charge in [0.25, 0.3) is 5.91 Å². The van der Waals surface area contributed by atoms with Crippen LogP contribution in [-0.4, -0.2) is 134 Å². The molecule has 4 spiro atoms. The second kappa shape index (κ2) is 30.9. The van der Waals surface area contributed by atoms with Crippen LogP contribution in [0.4, 0.5) is 0 Å². The van der Waals surface area contributed by atoms with Crippen molar-refractivity contribution in [1.29, 1.82) is 0 Å². The molecule has 0 bridgehead atoms. The fourth-order valence-corrected chi connectivity index (χ4v) is 15.9. The first-order valence-corrected chi connectivity index (χ1v) is 32.0. The summed E-state index contributed by atoms with van der Waals surface area (Å²) in [6, 6.07) is 23.4. The second-order valence-corrected chi connectivity index (χ2v) is 26.1. The Morgan fingerprint density at radius 3 is 1.17 bits per heavy atom. The third kappa shape index (κ3) is 17.3. The summed E-state index contributed by atoms with van der Waals surface area (Å²) in [7, 11) is 4.99. The number of nitrogens with one attached hydrogen (secondary N) is 2. The van der Waals surface area contributed by atoms with Gasteiger partial charge in [0.05, 0.1) is 40.6 Å². The molecule has 0 aromatic heterocycles. The third-order valence-corrected chi connectivity index (χ3v) is 20.3. The quantitative estimate of drug-likeness (QED) is 0.0639. The molecule has 4 saturated carbocycles. The Morgan fingerprint density at radius 1 is 0.476 bits per heavy atom. The standard InChI is InChI=1S/C20H29NO3.C18H26N2O3.C18H25NO3.C12H21NO2/c1-3-24-19(22)18-13-20(11-5-4-6-12-20)15-21(18)14-16-7-9-17(23-2)10-8-16;1-23-15-7-5-14(6-8-15)12-20-13-18(9-3-2-4-10-18)11-16(20)17(21)19-22;1-22-15-7-5-14(6-8-15)12-19-13-18(9-3-2-4-10-18)11-16(19)17(20)21;1-2-15-11(14)10-8-12(9-13-10)6-4-3-5-7-12/h7-10,18H,3-6,11-15H2,1-2H3;5-8,16,22H,2-4,9-13H2,1H3,(H,19,21);5-8,16H,2-4,9-13H2,1H3,(H,20,21);10,13H,2-9H2,1H3. The van der Waals surface area contributed by atoms with E-state index in [4.69, 9.17) is 28.9 Å². The van der Waals surface area contributed by atoms with Crippen molar-refractivity contribution in [2.75, 3.05) is 60.7 Å². The highest BCUT2D eigenvalue weighted by molar-refractivity contribution is 5.81. The van der Waals surface area contributed by atoms with E-state index in [1.54, 1.807) is 21.3 Å². The fourth-order valence-electron chi connectivity index (χ4n) is 15.9. The molecule has 16 heteroatoms. The molecule has 4 aliphatic heterocycles. The van der Waals surface area contributed by atoms with Crippen LogP contribution in [0, 0.1) is 21.7 Å². The molecule has 84 heavy (non-hydrogen) atoms. The average molecular weight is 1160 g/mol. The predicted octanol–water partition coefficient (Wildman–Crippen LogP) is 11.7. The van der Waals surface area contributed by atoms with E-state index in [1.807, 2.05) is 80.0 Å². The zero-order valence-corrected chi connectivity index (χ0v) is 51.5. The number of carboxylic acid groups (broad SMARTS) is 1. The van der Waals surface area contributed by atoms with Crippen molar-refractivity contribution in [3.05, 3.63) is 89.5 Å². The fraction of sp³-hybridized carbons (Fsp3) is 0.676. The van der Waals surface area contributed by atoms with Crippen LogP contribution in [0.5, 0.6) is 17.2 Å². The Morgan fingerprint density at radius 2 is 0.810 bits per heavy atom. The Labute approximate surface area is 501 Å². The van der Waals surface area contributed by atoms with Gasteiger partial charge in [0.2, 0.25) is 0 Å². The molecule has 11 rings (SSSR count). The maximum atomic E-state index is 12.5. The van der Waals surface area contributed by atoms with Crippen LogP contribution in [0.2, 0.25) is 0 Å². The number of carbonyl (C=O) groups excluding carboxylic acids is 3. The van der Waals surface area contributed by atoms with Gasteiger partial charge in [-0.2, -0.15) is 0 Å². The molecule has 4 saturated heterocycles. The minimum absolute atomic E-state index is 0.0388. The Balaban J connectivity index is 0.000000148. The molecule has 8 fully saturated rings. The van der Waals surface area contributed by atoms with Crippen LogP contribution < -0.4 is 25.0 Å². The van der Waals surface area contributed by atoms with E-state index in [2.05, 4.69) is 32.1 Å². The molecule has 16 nitrogen and oxygen atoms in total. The number of nitrogens with zero attached hydrogens (tertiary/aromatic N) is 3. The van der Waals surface area contributed by atoms with Crippen molar-refractivity contribution in [2.45, 2.75) is 212 Å². The van der Waals surface area contributed by atoms with Gasteiger partial charge in [0.15, 0.2) is 0 Å². The van der Waals surface area contributed by atoms with Gasteiger partial charge in [-0.1, -0.05) is 113 Å². The van der Waals surface area contributed by atoms with E-state index >= 15 is 0 Å². The lowest BCUT2D eigenvalue weighted by Gasteiger charge is -2.33. The highest BCUT2D eigenvalue weighted by Crippen LogP contribution is 2.50. The van der Waals surface area contributed by atoms with Crippen molar-refractivity contribution in [1.82, 2.24) is 25.5 Å². The highest BCUT2D eigenvalue weighted by Gasteiger charge is 2.50. The van der Waals surface area contributed by atoms with Crippen LogP contribution >= 0.6 is 0 Å². The zero-order chi connectivity index (χ0) is 59.6. The molecule has 4 heterocycles. The van der Waals surface area contributed by atoms with Crippen molar-refractivity contribution in [3.8, 4) is 17.2 Å².